The molecule has 1 saturated carbocycles. The van der Waals surface area contributed by atoms with Crippen LogP contribution in [0.4, 0.5) is 0 Å². The van der Waals surface area contributed by atoms with Gasteiger partial charge in [-0.05, 0) is 24.3 Å². The average molecular weight is 216 g/mol. The van der Waals surface area contributed by atoms with Crippen LogP contribution in [0.15, 0.2) is 30.3 Å². The Morgan fingerprint density at radius 3 is 2.75 bits per heavy atom. The van der Waals surface area contributed by atoms with E-state index in [0.29, 0.717) is 18.4 Å². The first-order chi connectivity index (χ1) is 7.86. The third-order valence-electron chi connectivity index (χ3n) is 3.97. The zero-order valence-electron chi connectivity index (χ0n) is 9.26. The molecule has 1 saturated heterocycles. The fourth-order valence-electron chi connectivity index (χ4n) is 3.19. The minimum absolute atomic E-state index is 0.0264. The number of hydrogen-bond acceptors (Lipinski definition) is 2. The third-order valence-corrected chi connectivity index (χ3v) is 3.97. The molecule has 2 fully saturated rings. The van der Waals surface area contributed by atoms with Crippen molar-refractivity contribution in [3.63, 3.8) is 0 Å². The minimum atomic E-state index is 0.0264. The Balaban J connectivity index is 1.92. The molecule has 2 heteroatoms. The van der Waals surface area contributed by atoms with Crippen molar-refractivity contribution >= 4 is 5.97 Å². The molecule has 2 nitrogen and oxygen atoms in total. The van der Waals surface area contributed by atoms with Gasteiger partial charge >= 0.3 is 5.97 Å². The zero-order chi connectivity index (χ0) is 11.0. The van der Waals surface area contributed by atoms with Crippen molar-refractivity contribution in [3.05, 3.63) is 35.9 Å². The highest BCUT2D eigenvalue weighted by molar-refractivity contribution is 5.76. The standard InChI is InChI=1S/C14H16O2/c15-14-13-11(9-16-14)7-4-8-12(13)10-5-2-1-3-6-10/h1-3,5-6,11-13H,4,7-9H2/t11-,12-,13-/m0/s1. The van der Waals surface area contributed by atoms with Gasteiger partial charge in [0.1, 0.15) is 0 Å². The molecule has 1 heterocycles. The van der Waals surface area contributed by atoms with Crippen molar-refractivity contribution in [2.45, 2.75) is 25.2 Å². The first-order valence-corrected chi connectivity index (χ1v) is 6.08. The van der Waals surface area contributed by atoms with Gasteiger partial charge in [-0.25, -0.2) is 0 Å². The van der Waals surface area contributed by atoms with Gasteiger partial charge in [0, 0.05) is 5.92 Å². The van der Waals surface area contributed by atoms with Crippen LogP contribution >= 0.6 is 0 Å². The normalized spacial score (nSPS) is 33.2. The molecular weight excluding hydrogens is 200 g/mol. The zero-order valence-corrected chi connectivity index (χ0v) is 9.26. The molecule has 0 spiro atoms. The number of carbonyl (C=O) groups is 1. The number of carbonyl (C=O) groups excluding carboxylic acids is 1. The number of benzene rings is 1. The van der Waals surface area contributed by atoms with Crippen LogP contribution in [-0.2, 0) is 9.53 Å². The lowest BCUT2D eigenvalue weighted by Gasteiger charge is -2.30. The van der Waals surface area contributed by atoms with Crippen LogP contribution < -0.4 is 0 Å². The van der Waals surface area contributed by atoms with Gasteiger partial charge < -0.3 is 4.74 Å². The van der Waals surface area contributed by atoms with E-state index >= 15 is 0 Å². The van der Waals surface area contributed by atoms with Gasteiger partial charge in [0.25, 0.3) is 0 Å². The summed E-state index contributed by atoms with van der Waals surface area (Å²) in [6.07, 6.45) is 3.50. The molecule has 2 aliphatic rings. The Bertz CT molecular complexity index is 385. The van der Waals surface area contributed by atoms with E-state index in [1.54, 1.807) is 0 Å². The van der Waals surface area contributed by atoms with Crippen LogP contribution in [-0.4, -0.2) is 12.6 Å². The summed E-state index contributed by atoms with van der Waals surface area (Å²) in [5.74, 6) is 0.996. The summed E-state index contributed by atoms with van der Waals surface area (Å²) in [5.41, 5.74) is 1.30. The van der Waals surface area contributed by atoms with Crippen LogP contribution in [0.1, 0.15) is 30.7 Å². The Kier molecular flexibility index (Phi) is 2.43. The second kappa shape index (κ2) is 3.93. The highest BCUT2D eigenvalue weighted by Crippen LogP contribution is 2.44. The van der Waals surface area contributed by atoms with E-state index in [1.807, 2.05) is 6.07 Å². The molecule has 0 unspecified atom stereocenters. The molecule has 1 aromatic rings. The van der Waals surface area contributed by atoms with E-state index in [2.05, 4.69) is 24.3 Å². The Labute approximate surface area is 95.6 Å². The maximum atomic E-state index is 11.8. The Morgan fingerprint density at radius 1 is 1.12 bits per heavy atom. The number of rotatable bonds is 1. The van der Waals surface area contributed by atoms with Crippen LogP contribution in [0.25, 0.3) is 0 Å². The van der Waals surface area contributed by atoms with E-state index in [0.717, 1.165) is 12.8 Å². The number of ether oxygens (including phenoxy) is 1. The van der Waals surface area contributed by atoms with E-state index in [9.17, 15) is 4.79 Å². The molecule has 0 aromatic heterocycles. The summed E-state index contributed by atoms with van der Waals surface area (Å²) in [4.78, 5) is 11.8. The first kappa shape index (κ1) is 9.88. The molecule has 1 aliphatic heterocycles. The Hall–Kier alpha value is -1.31. The molecule has 3 rings (SSSR count). The van der Waals surface area contributed by atoms with Gasteiger partial charge in [0.2, 0.25) is 0 Å². The summed E-state index contributed by atoms with van der Waals surface area (Å²) in [6.45, 7) is 0.646. The SMILES string of the molecule is O=C1OC[C@@H]2CCC[C@@H](c3ccccc3)[C@@H]12. The summed E-state index contributed by atoms with van der Waals surface area (Å²) in [5, 5.41) is 0. The number of esters is 1. The van der Waals surface area contributed by atoms with Gasteiger partial charge in [0.05, 0.1) is 12.5 Å². The van der Waals surface area contributed by atoms with Gasteiger partial charge in [-0.3, -0.25) is 4.79 Å². The second-order valence-corrected chi connectivity index (χ2v) is 4.86. The molecule has 0 N–H and O–H groups in total. The first-order valence-electron chi connectivity index (χ1n) is 6.08. The largest absolute Gasteiger partial charge is 0.465 e. The van der Waals surface area contributed by atoms with Gasteiger partial charge in [-0.15, -0.1) is 0 Å². The van der Waals surface area contributed by atoms with Crippen molar-refractivity contribution in [2.75, 3.05) is 6.61 Å². The maximum Gasteiger partial charge on any atom is 0.309 e. The highest BCUT2D eigenvalue weighted by atomic mass is 16.5. The lowest BCUT2D eigenvalue weighted by molar-refractivity contribution is -0.142. The molecule has 3 atom stereocenters. The molecule has 1 aliphatic carbocycles. The van der Waals surface area contributed by atoms with Crippen LogP contribution in [0.3, 0.4) is 0 Å². The molecule has 0 amide bonds. The van der Waals surface area contributed by atoms with E-state index in [-0.39, 0.29) is 11.9 Å². The molecule has 16 heavy (non-hydrogen) atoms. The molecule has 0 radical (unpaired) electrons. The summed E-state index contributed by atoms with van der Waals surface area (Å²) in [6, 6.07) is 10.4. The molecule has 0 bridgehead atoms. The lowest BCUT2D eigenvalue weighted by Crippen LogP contribution is -2.28. The summed E-state index contributed by atoms with van der Waals surface area (Å²) >= 11 is 0. The van der Waals surface area contributed by atoms with Crippen LogP contribution in [0.2, 0.25) is 0 Å². The van der Waals surface area contributed by atoms with Gasteiger partial charge in [-0.1, -0.05) is 36.8 Å². The lowest BCUT2D eigenvalue weighted by atomic mass is 9.71. The third kappa shape index (κ3) is 1.53. The maximum absolute atomic E-state index is 11.8. The van der Waals surface area contributed by atoms with Crippen molar-refractivity contribution in [1.82, 2.24) is 0 Å². The predicted molar refractivity (Wildman–Crippen MR) is 61.0 cm³/mol. The van der Waals surface area contributed by atoms with Gasteiger partial charge in [0.15, 0.2) is 0 Å². The summed E-state index contributed by atoms with van der Waals surface area (Å²) < 4.78 is 5.21. The monoisotopic (exact) mass is 216 g/mol. The quantitative estimate of drug-likeness (QED) is 0.675. The fraction of sp³-hybridized carbons (Fsp3) is 0.500. The molecule has 1 aromatic carbocycles. The average Bonchev–Trinajstić information content (AvgIpc) is 2.73. The summed E-state index contributed by atoms with van der Waals surface area (Å²) in [7, 11) is 0. The van der Waals surface area contributed by atoms with E-state index in [4.69, 9.17) is 4.74 Å². The predicted octanol–water partition coefficient (Wildman–Crippen LogP) is 2.74. The van der Waals surface area contributed by atoms with Crippen molar-refractivity contribution in [3.8, 4) is 0 Å². The smallest absolute Gasteiger partial charge is 0.309 e. The molecule has 84 valence electrons. The van der Waals surface area contributed by atoms with E-state index < -0.39 is 0 Å². The minimum Gasteiger partial charge on any atom is -0.465 e. The van der Waals surface area contributed by atoms with Crippen LogP contribution in [0.5, 0.6) is 0 Å². The van der Waals surface area contributed by atoms with E-state index in [1.165, 1.54) is 12.0 Å². The van der Waals surface area contributed by atoms with Crippen molar-refractivity contribution in [1.29, 1.82) is 0 Å². The van der Waals surface area contributed by atoms with Crippen molar-refractivity contribution in [2.24, 2.45) is 11.8 Å². The van der Waals surface area contributed by atoms with Crippen molar-refractivity contribution < 1.29 is 9.53 Å². The Morgan fingerprint density at radius 2 is 1.94 bits per heavy atom. The number of hydrogen-bond donors (Lipinski definition) is 0. The number of cyclic esters (lactones) is 1. The highest BCUT2D eigenvalue weighted by Gasteiger charge is 2.44. The fourth-order valence-corrected chi connectivity index (χ4v) is 3.19. The topological polar surface area (TPSA) is 26.3 Å². The molecular formula is C14H16O2. The van der Waals surface area contributed by atoms with Crippen LogP contribution in [0, 0.1) is 11.8 Å². The van der Waals surface area contributed by atoms with Gasteiger partial charge in [-0.2, -0.15) is 0 Å². The number of fused-ring (bicyclic) bond motifs is 1. The second-order valence-electron chi connectivity index (χ2n) is 4.86.